The summed E-state index contributed by atoms with van der Waals surface area (Å²) in [5.74, 6) is -10.2. The van der Waals surface area contributed by atoms with E-state index in [0.717, 1.165) is 42.7 Å². The van der Waals surface area contributed by atoms with Gasteiger partial charge in [0.2, 0.25) is 0 Å². The maximum absolute atomic E-state index is 10.4. The summed E-state index contributed by atoms with van der Waals surface area (Å²) < 4.78 is 34.9. The first-order chi connectivity index (χ1) is 10.7. The third-order valence-electron chi connectivity index (χ3n) is 3.40. The summed E-state index contributed by atoms with van der Waals surface area (Å²) in [6.07, 6.45) is 0. The van der Waals surface area contributed by atoms with Gasteiger partial charge in [-0.25, -0.2) is 0 Å². The smallest absolute Gasteiger partial charge is 0.346 e. The van der Waals surface area contributed by atoms with Crippen LogP contribution in [0.4, 0.5) is 0 Å². The lowest BCUT2D eigenvalue weighted by Crippen LogP contribution is -2.71. The van der Waals surface area contributed by atoms with Crippen molar-refractivity contribution in [2.75, 3.05) is 55.9 Å². The van der Waals surface area contributed by atoms with Crippen LogP contribution < -0.4 is 0 Å². The minimum atomic E-state index is -2.55. The molecule has 0 unspecified atom stereocenters. The topological polar surface area (TPSA) is 146 Å². The molecule has 140 valence electrons. The van der Waals surface area contributed by atoms with E-state index in [4.69, 9.17) is 33.2 Å². The van der Waals surface area contributed by atoms with Gasteiger partial charge in [-0.1, -0.05) is 0 Å². The van der Waals surface area contributed by atoms with Crippen LogP contribution in [0, 0.1) is 0 Å². The van der Waals surface area contributed by atoms with Crippen molar-refractivity contribution in [3.05, 3.63) is 0 Å². The van der Waals surface area contributed by atoms with Gasteiger partial charge in [-0.3, -0.25) is 4.74 Å². The quantitative estimate of drug-likeness (QED) is 0.279. The minimum Gasteiger partial charge on any atom is -0.390 e. The summed E-state index contributed by atoms with van der Waals surface area (Å²) in [6, 6.07) is 0. The fraction of sp³-hybridized carbons (Fsp3) is 1.00. The van der Waals surface area contributed by atoms with Crippen LogP contribution in [-0.2, 0) is 33.2 Å². The predicted octanol–water partition coefficient (Wildman–Crippen LogP) is -2.45. The Morgan fingerprint density at radius 2 is 0.826 bits per heavy atom. The van der Waals surface area contributed by atoms with E-state index < -0.39 is 36.7 Å². The molecular formula is C12H26O11. The molecular weight excluding hydrogens is 320 g/mol. The highest BCUT2D eigenvalue weighted by Crippen LogP contribution is 2.39. The van der Waals surface area contributed by atoms with Crippen molar-refractivity contribution in [1.82, 2.24) is 0 Å². The zero-order chi connectivity index (χ0) is 18.4. The van der Waals surface area contributed by atoms with Crippen LogP contribution in [0.3, 0.4) is 0 Å². The molecule has 0 radical (unpaired) electrons. The Hall–Kier alpha value is -0.440. The molecule has 0 spiro atoms. The molecule has 2 atom stereocenters. The Kier molecular flexibility index (Phi) is 8.43. The Morgan fingerprint density at radius 3 is 0.957 bits per heavy atom. The first kappa shape index (κ1) is 22.6. The molecule has 0 aromatic carbocycles. The van der Waals surface area contributed by atoms with Crippen LogP contribution in [0.5, 0.6) is 0 Å². The average Bonchev–Trinajstić information content (AvgIpc) is 2.62. The molecule has 11 nitrogen and oxygen atoms in total. The SMILES string of the molecule is COC(OC)(OC(OC)(OC)[C@@](O)(CO)OC)[C@@](O)(CO)OC. The number of aliphatic hydroxyl groups excluding tert-OH is 2. The second kappa shape index (κ2) is 8.60. The third kappa shape index (κ3) is 3.65. The first-order valence-corrected chi connectivity index (χ1v) is 6.37. The number of methoxy groups -OCH3 is 6. The number of rotatable bonds is 12. The van der Waals surface area contributed by atoms with Gasteiger partial charge in [0.1, 0.15) is 13.2 Å². The van der Waals surface area contributed by atoms with E-state index in [-0.39, 0.29) is 0 Å². The van der Waals surface area contributed by atoms with Crippen LogP contribution in [0.1, 0.15) is 0 Å². The Bertz CT molecular complexity index is 300. The Balaban J connectivity index is 6.13. The Labute approximate surface area is 134 Å². The van der Waals surface area contributed by atoms with Gasteiger partial charge < -0.3 is 48.8 Å². The van der Waals surface area contributed by atoms with E-state index in [2.05, 4.69) is 0 Å². The molecule has 11 heteroatoms. The molecule has 4 N–H and O–H groups in total. The molecule has 0 aromatic heterocycles. The monoisotopic (exact) mass is 346 g/mol. The minimum absolute atomic E-state index is 1.03. The average molecular weight is 346 g/mol. The van der Waals surface area contributed by atoms with E-state index in [9.17, 15) is 20.4 Å². The van der Waals surface area contributed by atoms with Crippen molar-refractivity contribution in [2.45, 2.75) is 23.5 Å². The largest absolute Gasteiger partial charge is 0.390 e. The lowest BCUT2D eigenvalue weighted by molar-refractivity contribution is -0.586. The summed E-state index contributed by atoms with van der Waals surface area (Å²) in [5, 5.41) is 39.5. The van der Waals surface area contributed by atoms with Gasteiger partial charge in [-0.2, -0.15) is 0 Å². The van der Waals surface area contributed by atoms with E-state index in [1.165, 1.54) is 0 Å². The number of ether oxygens (including phenoxy) is 7. The number of hydrogen-bond acceptors (Lipinski definition) is 11. The number of hydrogen-bond donors (Lipinski definition) is 4. The molecule has 0 fully saturated rings. The first-order valence-electron chi connectivity index (χ1n) is 6.37. The molecule has 0 aliphatic heterocycles. The maximum Gasteiger partial charge on any atom is 0.346 e. The summed E-state index contributed by atoms with van der Waals surface area (Å²) in [7, 11) is 6.33. The van der Waals surface area contributed by atoms with Gasteiger partial charge in [-0.15, -0.1) is 0 Å². The zero-order valence-electron chi connectivity index (χ0n) is 14.1. The van der Waals surface area contributed by atoms with Crippen molar-refractivity contribution in [2.24, 2.45) is 0 Å². The normalized spacial score (nSPS) is 18.5. The van der Waals surface area contributed by atoms with Gasteiger partial charge in [0, 0.05) is 42.7 Å². The molecule has 0 saturated heterocycles. The van der Waals surface area contributed by atoms with Crippen molar-refractivity contribution in [3.63, 3.8) is 0 Å². The molecule has 0 rings (SSSR count). The molecule has 0 heterocycles. The van der Waals surface area contributed by atoms with Gasteiger partial charge in [0.15, 0.2) is 0 Å². The Morgan fingerprint density at radius 1 is 0.565 bits per heavy atom. The zero-order valence-corrected chi connectivity index (χ0v) is 14.1. The highest BCUT2D eigenvalue weighted by atomic mass is 17.0. The fourth-order valence-corrected chi connectivity index (χ4v) is 1.88. The summed E-state index contributed by atoms with van der Waals surface area (Å²) in [6.45, 7) is -2.06. The van der Waals surface area contributed by atoms with Crippen molar-refractivity contribution in [1.29, 1.82) is 0 Å². The molecule has 0 aliphatic rings. The molecule has 23 heavy (non-hydrogen) atoms. The van der Waals surface area contributed by atoms with Gasteiger partial charge >= 0.3 is 11.9 Å². The second-order valence-corrected chi connectivity index (χ2v) is 4.32. The van der Waals surface area contributed by atoms with E-state index in [1.54, 1.807) is 0 Å². The van der Waals surface area contributed by atoms with Crippen LogP contribution in [-0.4, -0.2) is 99.8 Å². The van der Waals surface area contributed by atoms with Crippen molar-refractivity contribution < 1.29 is 53.6 Å². The van der Waals surface area contributed by atoms with Crippen molar-refractivity contribution in [3.8, 4) is 0 Å². The summed E-state index contributed by atoms with van der Waals surface area (Å²) >= 11 is 0. The number of aliphatic hydroxyl groups is 4. The van der Waals surface area contributed by atoms with E-state index in [0.29, 0.717) is 0 Å². The fourth-order valence-electron chi connectivity index (χ4n) is 1.88. The molecule has 0 saturated carbocycles. The van der Waals surface area contributed by atoms with Crippen LogP contribution in [0.2, 0.25) is 0 Å². The molecule has 0 aliphatic carbocycles. The molecule has 0 amide bonds. The van der Waals surface area contributed by atoms with Crippen LogP contribution in [0.25, 0.3) is 0 Å². The molecule has 0 aromatic rings. The standard InChI is InChI=1S/C12H26O11/c1-17-9(15,7-13)11(19-3,20-4)23-12(21-5,22-6)10(16,8-14)18-2/h13-16H,7-8H2,1-6H3/t9-,10-/m1/s1. The second-order valence-electron chi connectivity index (χ2n) is 4.32. The lowest BCUT2D eigenvalue weighted by atomic mass is 10.2. The van der Waals surface area contributed by atoms with E-state index in [1.807, 2.05) is 0 Å². The van der Waals surface area contributed by atoms with Crippen molar-refractivity contribution >= 4 is 0 Å². The summed E-state index contributed by atoms with van der Waals surface area (Å²) in [4.78, 5) is 0. The van der Waals surface area contributed by atoms with Gasteiger partial charge in [-0.05, 0) is 0 Å². The summed E-state index contributed by atoms with van der Waals surface area (Å²) in [5.41, 5.74) is 0. The lowest BCUT2D eigenvalue weighted by Gasteiger charge is -2.49. The van der Waals surface area contributed by atoms with Crippen LogP contribution >= 0.6 is 0 Å². The third-order valence-corrected chi connectivity index (χ3v) is 3.40. The maximum atomic E-state index is 10.4. The van der Waals surface area contributed by atoms with Gasteiger partial charge in [0.25, 0.3) is 11.6 Å². The predicted molar refractivity (Wildman–Crippen MR) is 72.7 cm³/mol. The van der Waals surface area contributed by atoms with Gasteiger partial charge in [0.05, 0.1) is 0 Å². The highest BCUT2D eigenvalue weighted by Gasteiger charge is 2.65. The molecule has 0 bridgehead atoms. The highest BCUT2D eigenvalue weighted by molar-refractivity contribution is 4.86. The van der Waals surface area contributed by atoms with E-state index >= 15 is 0 Å². The van der Waals surface area contributed by atoms with Crippen LogP contribution in [0.15, 0.2) is 0 Å².